The molecule has 0 bridgehead atoms. The van der Waals surface area contributed by atoms with E-state index in [9.17, 15) is 4.89 Å². The molecule has 1 aliphatic heterocycles. The molecule has 0 aromatic heterocycles. The molecule has 1 fully saturated rings. The number of rotatable bonds is 2. The van der Waals surface area contributed by atoms with Gasteiger partial charge in [-0.15, -0.1) is 0 Å². The molecule has 0 spiro atoms. The second-order valence-electron chi connectivity index (χ2n) is 3.85. The van der Waals surface area contributed by atoms with E-state index in [1.54, 1.807) is 0 Å². The van der Waals surface area contributed by atoms with Gasteiger partial charge in [0.15, 0.2) is 11.4 Å². The zero-order chi connectivity index (χ0) is 12.3. The van der Waals surface area contributed by atoms with Crippen LogP contribution in [-0.4, -0.2) is 7.11 Å². The molecule has 1 aliphatic rings. The van der Waals surface area contributed by atoms with Gasteiger partial charge < -0.3 is 9.42 Å². The predicted octanol–water partition coefficient (Wildman–Crippen LogP) is 3.58. The maximum absolute atomic E-state index is 12.6. The molecule has 0 saturated carbocycles. The number of benzene rings is 1. The minimum absolute atomic E-state index is 0.159. The van der Waals surface area contributed by atoms with Crippen LogP contribution < -0.4 is 4.89 Å². The topological polar surface area (TPSA) is 41.5 Å². The van der Waals surface area contributed by atoms with E-state index in [0.29, 0.717) is 0 Å². The number of hydrogen-bond acceptors (Lipinski definition) is 3. The summed E-state index contributed by atoms with van der Waals surface area (Å²) in [6.45, 7) is 0. The Morgan fingerprint density at radius 3 is 2.76 bits per heavy atom. The summed E-state index contributed by atoms with van der Waals surface area (Å²) >= 11 is 2.10. The standard InChI is InChI=1S/C12H14IO3P/c1-15-17(14)12(8-7-11(9-13)16-17)10-5-3-2-4-6-10/h2-6,9,12H,7-8H2,1H3/b11-9-. The first-order chi connectivity index (χ1) is 8.19. The molecule has 1 saturated heterocycles. The maximum atomic E-state index is 12.6. The highest BCUT2D eigenvalue weighted by Crippen LogP contribution is 2.69. The Morgan fingerprint density at radius 2 is 2.18 bits per heavy atom. The molecule has 1 heterocycles. The first-order valence-corrected chi connectivity index (χ1v) is 8.24. The van der Waals surface area contributed by atoms with Crippen LogP contribution in [0.4, 0.5) is 0 Å². The van der Waals surface area contributed by atoms with Gasteiger partial charge in [0.1, 0.15) is 0 Å². The van der Waals surface area contributed by atoms with Crippen molar-refractivity contribution in [1.29, 1.82) is 0 Å². The third-order valence-corrected chi connectivity index (χ3v) is 5.86. The summed E-state index contributed by atoms with van der Waals surface area (Å²) in [7, 11) is -1.62. The molecule has 17 heavy (non-hydrogen) atoms. The summed E-state index contributed by atoms with van der Waals surface area (Å²) in [6, 6.07) is 9.77. The van der Waals surface area contributed by atoms with Gasteiger partial charge in [0.2, 0.25) is 0 Å². The molecule has 1 aromatic carbocycles. The summed E-state index contributed by atoms with van der Waals surface area (Å²) in [5, 5.41) is 0. The van der Waals surface area contributed by atoms with Crippen molar-refractivity contribution in [2.75, 3.05) is 7.11 Å². The Kier molecular flexibility index (Phi) is 4.42. The van der Waals surface area contributed by atoms with Crippen LogP contribution in [0.1, 0.15) is 24.1 Å². The Hall–Kier alpha value is -0.160. The Morgan fingerprint density at radius 1 is 1.47 bits per heavy atom. The minimum atomic E-state index is -3.07. The van der Waals surface area contributed by atoms with Crippen molar-refractivity contribution in [3.63, 3.8) is 0 Å². The van der Waals surface area contributed by atoms with Crippen LogP contribution >= 0.6 is 30.5 Å². The van der Waals surface area contributed by atoms with Crippen molar-refractivity contribution >= 4 is 30.5 Å². The normalized spacial score (nSPS) is 31.2. The molecule has 0 N–H and O–H groups in total. The molecule has 1 aromatic rings. The van der Waals surface area contributed by atoms with Gasteiger partial charge in [-0.1, -0.05) is 30.3 Å². The van der Waals surface area contributed by atoms with E-state index in [-0.39, 0.29) is 5.66 Å². The fourth-order valence-electron chi connectivity index (χ4n) is 1.97. The third-order valence-electron chi connectivity index (χ3n) is 2.85. The zero-order valence-corrected chi connectivity index (χ0v) is 12.6. The first kappa shape index (κ1) is 13.3. The Bertz CT molecular complexity index is 409. The Labute approximate surface area is 116 Å². The predicted molar refractivity (Wildman–Crippen MR) is 75.5 cm³/mol. The fraction of sp³-hybridized carbons (Fsp3) is 0.333. The van der Waals surface area contributed by atoms with E-state index in [1.165, 1.54) is 7.11 Å². The molecule has 5 heteroatoms. The highest BCUT2D eigenvalue weighted by atomic mass is 127. The van der Waals surface area contributed by atoms with Crippen molar-refractivity contribution in [2.24, 2.45) is 0 Å². The molecule has 0 radical (unpaired) electrons. The summed E-state index contributed by atoms with van der Waals surface area (Å²) in [5.74, 6) is 0.753. The van der Waals surface area contributed by atoms with E-state index in [0.717, 1.165) is 24.2 Å². The molecular formula is C12H14IO3P. The van der Waals surface area contributed by atoms with Crippen LogP contribution in [0, 0.1) is 0 Å². The van der Waals surface area contributed by atoms with E-state index in [4.69, 9.17) is 9.05 Å². The Balaban J connectivity index is 2.29. The summed E-state index contributed by atoms with van der Waals surface area (Å²) in [5.41, 5.74) is 0.860. The van der Waals surface area contributed by atoms with Gasteiger partial charge in [0.05, 0.1) is 7.11 Å². The van der Waals surface area contributed by atoms with E-state index >= 15 is 0 Å². The summed E-state index contributed by atoms with van der Waals surface area (Å²) in [4.78, 5) is 12.6. The van der Waals surface area contributed by atoms with Crippen molar-refractivity contribution in [3.05, 3.63) is 45.7 Å². The number of allylic oxidation sites excluding steroid dienone is 1. The highest BCUT2D eigenvalue weighted by molar-refractivity contribution is 14.1. The number of hydrogen-bond donors (Lipinski definition) is 0. The molecule has 2 atom stereocenters. The van der Waals surface area contributed by atoms with Crippen molar-refractivity contribution in [1.82, 2.24) is 0 Å². The third kappa shape index (κ3) is 2.81. The largest absolute Gasteiger partial charge is 0.624 e. The zero-order valence-electron chi connectivity index (χ0n) is 9.51. The van der Waals surface area contributed by atoms with Crippen molar-refractivity contribution in [2.45, 2.75) is 18.5 Å². The van der Waals surface area contributed by atoms with Crippen LogP contribution in [0.3, 0.4) is 0 Å². The van der Waals surface area contributed by atoms with Gasteiger partial charge in [-0.3, -0.25) is 0 Å². The second kappa shape index (κ2) is 5.65. The van der Waals surface area contributed by atoms with Gasteiger partial charge in [-0.25, -0.2) is 4.52 Å². The minimum Gasteiger partial charge on any atom is -0.624 e. The SMILES string of the molecule is CO[P+]1([O-])O/C(=C\I)CCC1c1ccccc1. The number of halogens is 1. The molecule has 0 amide bonds. The van der Waals surface area contributed by atoms with Crippen molar-refractivity contribution < 1.29 is 13.9 Å². The van der Waals surface area contributed by atoms with E-state index in [2.05, 4.69) is 22.6 Å². The average Bonchev–Trinajstić information content (AvgIpc) is 2.39. The van der Waals surface area contributed by atoms with Crippen LogP contribution in [-0.2, 0) is 9.05 Å². The van der Waals surface area contributed by atoms with Gasteiger partial charge in [-0.2, -0.15) is 0 Å². The smallest absolute Gasteiger partial charge is 0.291 e. The molecular weight excluding hydrogens is 350 g/mol. The maximum Gasteiger partial charge on any atom is 0.291 e. The monoisotopic (exact) mass is 364 g/mol. The van der Waals surface area contributed by atoms with Crippen molar-refractivity contribution in [3.8, 4) is 0 Å². The molecule has 3 nitrogen and oxygen atoms in total. The lowest BCUT2D eigenvalue weighted by Gasteiger charge is -2.37. The summed E-state index contributed by atoms with van der Waals surface area (Å²) in [6.07, 6.45) is 1.60. The first-order valence-electron chi connectivity index (χ1n) is 5.39. The average molecular weight is 364 g/mol. The summed E-state index contributed by atoms with van der Waals surface area (Å²) < 4.78 is 12.5. The van der Waals surface area contributed by atoms with Gasteiger partial charge >= 0.3 is 0 Å². The van der Waals surface area contributed by atoms with Gasteiger partial charge in [0, 0.05) is 16.9 Å². The highest BCUT2D eigenvalue weighted by Gasteiger charge is 2.46. The second-order valence-corrected chi connectivity index (χ2v) is 6.73. The molecule has 92 valence electrons. The molecule has 2 unspecified atom stereocenters. The lowest BCUT2D eigenvalue weighted by Crippen LogP contribution is -2.25. The molecule has 2 rings (SSSR count). The molecule has 0 aliphatic carbocycles. The van der Waals surface area contributed by atoms with Crippen LogP contribution in [0.5, 0.6) is 0 Å². The van der Waals surface area contributed by atoms with E-state index < -0.39 is 7.94 Å². The van der Waals surface area contributed by atoms with Gasteiger partial charge in [0.25, 0.3) is 7.94 Å². The lowest BCUT2D eigenvalue weighted by molar-refractivity contribution is -0.218. The quantitative estimate of drug-likeness (QED) is 0.595. The van der Waals surface area contributed by atoms with Crippen LogP contribution in [0.15, 0.2) is 40.2 Å². The van der Waals surface area contributed by atoms with Gasteiger partial charge in [-0.05, 0) is 28.2 Å². The lowest BCUT2D eigenvalue weighted by atomic mass is 10.1. The van der Waals surface area contributed by atoms with Crippen LogP contribution in [0.25, 0.3) is 0 Å². The van der Waals surface area contributed by atoms with Crippen LogP contribution in [0.2, 0.25) is 0 Å². The van der Waals surface area contributed by atoms with E-state index in [1.807, 2.05) is 34.4 Å². The fourth-order valence-corrected chi connectivity index (χ4v) is 4.52.